The number of hydrogen-bond donors (Lipinski definition) is 0. The lowest BCUT2D eigenvalue weighted by atomic mass is 9.92. The Morgan fingerprint density at radius 3 is 2.55 bits per heavy atom. The minimum Gasteiger partial charge on any atom is -0.597 e. The van der Waals surface area contributed by atoms with Crippen molar-refractivity contribution in [2.75, 3.05) is 0 Å². The monoisotopic (exact) mass is 519 g/mol. The molecular weight excluding hydrogens is 498 g/mol. The third-order valence-electron chi connectivity index (χ3n) is 5.39. The maximum atomic E-state index is 15.3. The highest BCUT2D eigenvalue weighted by molar-refractivity contribution is 7.90. The standard InChI is InChI=1S/C22H22ClF4N3OS2/c1-5-29-10-14(20(28-29)22(25,26)27)18-12(7-6-8-15(18)24)19-13-9-17(23)32-16(13)11-30(19)33(31)21(2,3)4/h6-10,19H,5,11H2,1-4H3/t19-,33?/m0/s1. The van der Waals surface area contributed by atoms with Gasteiger partial charge in [0.1, 0.15) is 16.6 Å². The Balaban J connectivity index is 1.97. The minimum absolute atomic E-state index is 0.194. The van der Waals surface area contributed by atoms with Crippen LogP contribution in [0, 0.1) is 5.82 Å². The number of benzene rings is 1. The summed E-state index contributed by atoms with van der Waals surface area (Å²) in [5.74, 6) is -0.801. The number of fused-ring (bicyclic) bond motifs is 1. The highest BCUT2D eigenvalue weighted by Crippen LogP contribution is 2.50. The molecule has 0 aliphatic carbocycles. The van der Waals surface area contributed by atoms with Crippen LogP contribution in [0.3, 0.4) is 0 Å². The molecule has 4 nitrogen and oxygen atoms in total. The lowest BCUT2D eigenvalue weighted by Crippen LogP contribution is -2.42. The lowest BCUT2D eigenvalue weighted by Gasteiger charge is -2.34. The van der Waals surface area contributed by atoms with Crippen LogP contribution in [-0.4, -0.2) is 23.4 Å². The molecule has 0 saturated carbocycles. The van der Waals surface area contributed by atoms with Gasteiger partial charge in [0.05, 0.1) is 10.9 Å². The van der Waals surface area contributed by atoms with Gasteiger partial charge in [-0.1, -0.05) is 23.7 Å². The fourth-order valence-electron chi connectivity index (χ4n) is 4.01. The first-order valence-electron chi connectivity index (χ1n) is 10.2. The number of aryl methyl sites for hydroxylation is 1. The van der Waals surface area contributed by atoms with E-state index in [1.807, 2.05) is 20.8 Å². The molecule has 3 heterocycles. The first-order valence-corrected chi connectivity index (χ1v) is 12.5. The van der Waals surface area contributed by atoms with Gasteiger partial charge in [0.25, 0.3) is 0 Å². The average molecular weight is 520 g/mol. The number of nitrogens with zero attached hydrogens (tertiary/aromatic N) is 3. The zero-order chi connectivity index (χ0) is 24.3. The summed E-state index contributed by atoms with van der Waals surface area (Å²) in [7, 11) is 0. The molecule has 1 aliphatic heterocycles. The van der Waals surface area contributed by atoms with Crippen LogP contribution < -0.4 is 0 Å². The van der Waals surface area contributed by atoms with Gasteiger partial charge in [0.15, 0.2) is 5.69 Å². The van der Waals surface area contributed by atoms with E-state index in [0.717, 1.165) is 21.2 Å². The molecule has 1 unspecified atom stereocenters. The molecule has 0 spiro atoms. The molecule has 0 amide bonds. The highest BCUT2D eigenvalue weighted by Gasteiger charge is 2.47. The fraction of sp³-hybridized carbons (Fsp3) is 0.409. The quantitative estimate of drug-likeness (QED) is 0.281. The first kappa shape index (κ1) is 24.5. The second kappa shape index (κ2) is 8.57. The normalized spacial score (nSPS) is 18.1. The molecule has 0 saturated heterocycles. The number of hydrogen-bond acceptors (Lipinski definition) is 4. The van der Waals surface area contributed by atoms with E-state index in [1.165, 1.54) is 23.6 Å². The summed E-state index contributed by atoms with van der Waals surface area (Å²) >= 11 is 6.05. The maximum absolute atomic E-state index is 15.3. The van der Waals surface area contributed by atoms with Crippen LogP contribution >= 0.6 is 22.9 Å². The van der Waals surface area contributed by atoms with Gasteiger partial charge < -0.3 is 4.55 Å². The summed E-state index contributed by atoms with van der Waals surface area (Å²) in [6.07, 6.45) is -3.55. The maximum Gasteiger partial charge on any atom is 0.435 e. The predicted molar refractivity (Wildman–Crippen MR) is 123 cm³/mol. The second-order valence-corrected chi connectivity index (χ2v) is 12.7. The molecule has 0 N–H and O–H groups in total. The molecule has 4 rings (SSSR count). The number of alkyl halides is 3. The summed E-state index contributed by atoms with van der Waals surface area (Å²) in [6, 6.07) is 5.17. The summed E-state index contributed by atoms with van der Waals surface area (Å²) < 4.78 is 73.0. The molecule has 2 atom stereocenters. The van der Waals surface area contributed by atoms with Crippen LogP contribution in [0.25, 0.3) is 11.1 Å². The zero-order valence-corrected chi connectivity index (χ0v) is 20.7. The molecule has 0 radical (unpaired) electrons. The first-order chi connectivity index (χ1) is 15.3. The smallest absolute Gasteiger partial charge is 0.435 e. The topological polar surface area (TPSA) is 44.1 Å². The molecule has 1 aromatic carbocycles. The van der Waals surface area contributed by atoms with Gasteiger partial charge >= 0.3 is 6.18 Å². The lowest BCUT2D eigenvalue weighted by molar-refractivity contribution is -0.141. The minimum atomic E-state index is -4.77. The molecule has 178 valence electrons. The Kier molecular flexibility index (Phi) is 6.37. The second-order valence-electron chi connectivity index (χ2n) is 8.72. The molecule has 3 aromatic rings. The largest absolute Gasteiger partial charge is 0.597 e. The molecule has 33 heavy (non-hydrogen) atoms. The number of aromatic nitrogens is 2. The van der Waals surface area contributed by atoms with Crippen LogP contribution in [0.4, 0.5) is 17.6 Å². The van der Waals surface area contributed by atoms with E-state index < -0.39 is 39.8 Å². The van der Waals surface area contributed by atoms with Crippen molar-refractivity contribution in [3.05, 3.63) is 62.3 Å². The Labute approximate surface area is 201 Å². The van der Waals surface area contributed by atoms with Gasteiger partial charge in [-0.2, -0.15) is 18.3 Å². The molecule has 2 aromatic heterocycles. The van der Waals surface area contributed by atoms with E-state index in [-0.39, 0.29) is 17.7 Å². The van der Waals surface area contributed by atoms with Gasteiger partial charge in [-0.05, 0) is 51.0 Å². The van der Waals surface area contributed by atoms with Crippen molar-refractivity contribution < 1.29 is 22.1 Å². The van der Waals surface area contributed by atoms with E-state index in [2.05, 4.69) is 5.10 Å². The average Bonchev–Trinajstić information content (AvgIpc) is 3.37. The summed E-state index contributed by atoms with van der Waals surface area (Å²) in [5, 5.41) is 3.66. The Morgan fingerprint density at radius 1 is 1.24 bits per heavy atom. The summed E-state index contributed by atoms with van der Waals surface area (Å²) in [5.41, 5.74) is -0.664. The van der Waals surface area contributed by atoms with Crippen LogP contribution in [0.15, 0.2) is 30.5 Å². The van der Waals surface area contributed by atoms with Gasteiger partial charge in [-0.25, -0.2) is 4.39 Å². The molecule has 11 heteroatoms. The van der Waals surface area contributed by atoms with Crippen molar-refractivity contribution >= 4 is 34.3 Å². The molecular formula is C22H22ClF4N3OS2. The van der Waals surface area contributed by atoms with Crippen LogP contribution in [0.1, 0.15) is 55.4 Å². The molecule has 0 bridgehead atoms. The van der Waals surface area contributed by atoms with E-state index in [1.54, 1.807) is 23.4 Å². The SMILES string of the molecule is CCn1cc(-c2c(F)cccc2[C@H]2c3cc(Cl)sc3CN2[S+]([O-])C(C)(C)C)c(C(F)(F)F)n1. The third kappa shape index (κ3) is 4.43. The zero-order valence-electron chi connectivity index (χ0n) is 18.3. The van der Waals surface area contributed by atoms with Gasteiger partial charge in [-0.15, -0.1) is 15.6 Å². The van der Waals surface area contributed by atoms with E-state index in [9.17, 15) is 17.7 Å². The van der Waals surface area contributed by atoms with Gasteiger partial charge in [-0.3, -0.25) is 4.68 Å². The highest BCUT2D eigenvalue weighted by atomic mass is 35.5. The predicted octanol–water partition coefficient (Wildman–Crippen LogP) is 6.81. The number of thiophene rings is 1. The third-order valence-corrected chi connectivity index (χ3v) is 8.47. The van der Waals surface area contributed by atoms with Crippen LogP contribution in [-0.2, 0) is 30.6 Å². The van der Waals surface area contributed by atoms with E-state index in [4.69, 9.17) is 11.6 Å². The molecule has 1 aliphatic rings. The fourth-order valence-corrected chi connectivity index (χ4v) is 6.77. The van der Waals surface area contributed by atoms with Crippen molar-refractivity contribution in [1.82, 2.24) is 14.1 Å². The van der Waals surface area contributed by atoms with Crippen molar-refractivity contribution in [3.63, 3.8) is 0 Å². The van der Waals surface area contributed by atoms with Crippen molar-refractivity contribution in [1.29, 1.82) is 0 Å². The van der Waals surface area contributed by atoms with Crippen molar-refractivity contribution in [3.8, 4) is 11.1 Å². The van der Waals surface area contributed by atoms with E-state index >= 15 is 4.39 Å². The Morgan fingerprint density at radius 2 is 1.94 bits per heavy atom. The Hall–Kier alpha value is -1.59. The summed E-state index contributed by atoms with van der Waals surface area (Å²) in [6.45, 7) is 7.61. The van der Waals surface area contributed by atoms with Crippen LogP contribution in [0.2, 0.25) is 4.34 Å². The van der Waals surface area contributed by atoms with Gasteiger partial charge in [0.2, 0.25) is 0 Å². The van der Waals surface area contributed by atoms with E-state index in [0.29, 0.717) is 16.4 Å². The van der Waals surface area contributed by atoms with Crippen molar-refractivity contribution in [2.24, 2.45) is 0 Å². The van der Waals surface area contributed by atoms with Gasteiger partial charge in [0, 0.05) is 40.1 Å². The molecule has 0 fully saturated rings. The number of halogens is 5. The van der Waals surface area contributed by atoms with Crippen molar-refractivity contribution in [2.45, 2.75) is 57.7 Å². The summed E-state index contributed by atoms with van der Waals surface area (Å²) in [4.78, 5) is 0.859. The Bertz CT molecular complexity index is 1190. The number of rotatable bonds is 4. The van der Waals surface area contributed by atoms with Crippen LogP contribution in [0.5, 0.6) is 0 Å².